The van der Waals surface area contributed by atoms with Crippen LogP contribution in [0.25, 0.3) is 0 Å². The van der Waals surface area contributed by atoms with Gasteiger partial charge in [0.25, 0.3) is 5.91 Å². The number of nitrogens with one attached hydrogen (secondary N) is 1. The van der Waals surface area contributed by atoms with E-state index in [9.17, 15) is 19.1 Å². The highest BCUT2D eigenvalue weighted by Crippen LogP contribution is 2.13. The molecular formula is C14H11FN2O3. The Labute approximate surface area is 114 Å². The molecule has 0 aliphatic carbocycles. The molecule has 6 heteroatoms. The topological polar surface area (TPSA) is 79.3 Å². The SMILES string of the molecule is O=C(NC(C(=O)O)c1ccccc1)c1ccnc(F)c1. The zero-order valence-electron chi connectivity index (χ0n) is 10.3. The van der Waals surface area contributed by atoms with Crippen LogP contribution >= 0.6 is 0 Å². The molecule has 0 saturated carbocycles. The summed E-state index contributed by atoms with van der Waals surface area (Å²) in [5.41, 5.74) is 0.447. The number of hydrogen-bond acceptors (Lipinski definition) is 3. The highest BCUT2D eigenvalue weighted by atomic mass is 19.1. The van der Waals surface area contributed by atoms with Crippen LogP contribution in [0.15, 0.2) is 48.7 Å². The van der Waals surface area contributed by atoms with Crippen LogP contribution in [0.5, 0.6) is 0 Å². The number of aliphatic carboxylic acids is 1. The molecule has 1 heterocycles. The number of amides is 1. The summed E-state index contributed by atoms with van der Waals surface area (Å²) in [7, 11) is 0. The fourth-order valence-electron chi connectivity index (χ4n) is 1.69. The number of benzene rings is 1. The van der Waals surface area contributed by atoms with Crippen molar-refractivity contribution in [3.05, 3.63) is 65.7 Å². The van der Waals surface area contributed by atoms with Gasteiger partial charge in [-0.2, -0.15) is 4.39 Å². The van der Waals surface area contributed by atoms with Crippen LogP contribution < -0.4 is 5.32 Å². The third-order valence-corrected chi connectivity index (χ3v) is 2.64. The average Bonchev–Trinajstić information content (AvgIpc) is 2.45. The van der Waals surface area contributed by atoms with Gasteiger partial charge in [-0.25, -0.2) is 9.78 Å². The van der Waals surface area contributed by atoms with E-state index in [0.717, 1.165) is 12.3 Å². The quantitative estimate of drug-likeness (QED) is 0.833. The Morgan fingerprint density at radius 3 is 2.50 bits per heavy atom. The van der Waals surface area contributed by atoms with Crippen molar-refractivity contribution in [1.82, 2.24) is 10.3 Å². The highest BCUT2D eigenvalue weighted by Gasteiger charge is 2.22. The lowest BCUT2D eigenvalue weighted by Gasteiger charge is -2.14. The third kappa shape index (κ3) is 3.17. The molecule has 0 bridgehead atoms. The van der Waals surface area contributed by atoms with Gasteiger partial charge in [0.15, 0.2) is 6.04 Å². The number of carboxylic acid groups (broad SMARTS) is 1. The van der Waals surface area contributed by atoms with E-state index in [4.69, 9.17) is 0 Å². The van der Waals surface area contributed by atoms with Gasteiger partial charge in [-0.1, -0.05) is 30.3 Å². The number of rotatable bonds is 4. The van der Waals surface area contributed by atoms with E-state index in [1.807, 2.05) is 0 Å². The highest BCUT2D eigenvalue weighted by molar-refractivity contribution is 5.96. The van der Waals surface area contributed by atoms with Crippen molar-refractivity contribution < 1.29 is 19.1 Å². The molecule has 0 fully saturated rings. The summed E-state index contributed by atoms with van der Waals surface area (Å²) in [4.78, 5) is 26.5. The lowest BCUT2D eigenvalue weighted by Crippen LogP contribution is -2.33. The minimum Gasteiger partial charge on any atom is -0.479 e. The van der Waals surface area contributed by atoms with Gasteiger partial charge in [0.1, 0.15) is 0 Å². The molecule has 1 atom stereocenters. The van der Waals surface area contributed by atoms with Crippen molar-refractivity contribution in [2.24, 2.45) is 0 Å². The first kappa shape index (κ1) is 13.7. The molecule has 1 aromatic carbocycles. The van der Waals surface area contributed by atoms with Crippen LogP contribution in [0.1, 0.15) is 22.0 Å². The Kier molecular flexibility index (Phi) is 4.05. The molecule has 0 aliphatic rings. The minimum atomic E-state index is -1.20. The molecule has 0 radical (unpaired) electrons. The van der Waals surface area contributed by atoms with Crippen LogP contribution in [-0.4, -0.2) is 22.0 Å². The number of nitrogens with zero attached hydrogens (tertiary/aromatic N) is 1. The molecule has 2 rings (SSSR count). The second-order valence-corrected chi connectivity index (χ2v) is 4.02. The summed E-state index contributed by atoms with van der Waals surface area (Å²) < 4.78 is 12.9. The van der Waals surface area contributed by atoms with Crippen molar-refractivity contribution in [2.45, 2.75) is 6.04 Å². The summed E-state index contributed by atoms with van der Waals surface area (Å²) in [6, 6.07) is 9.31. The number of halogens is 1. The standard InChI is InChI=1S/C14H11FN2O3/c15-11-8-10(6-7-16-11)13(18)17-12(14(19)20)9-4-2-1-3-5-9/h1-8,12H,(H,17,18)(H,19,20). The summed E-state index contributed by atoms with van der Waals surface area (Å²) >= 11 is 0. The fraction of sp³-hybridized carbons (Fsp3) is 0.0714. The Morgan fingerprint density at radius 2 is 1.90 bits per heavy atom. The molecule has 0 aliphatic heterocycles. The van der Waals surface area contributed by atoms with E-state index in [2.05, 4.69) is 10.3 Å². The molecule has 5 nitrogen and oxygen atoms in total. The van der Waals surface area contributed by atoms with E-state index in [1.54, 1.807) is 30.3 Å². The minimum absolute atomic E-state index is 0.0136. The molecular weight excluding hydrogens is 263 g/mol. The largest absolute Gasteiger partial charge is 0.479 e. The number of carbonyl (C=O) groups is 2. The zero-order chi connectivity index (χ0) is 14.5. The van der Waals surface area contributed by atoms with Crippen LogP contribution in [0, 0.1) is 5.95 Å². The van der Waals surface area contributed by atoms with Gasteiger partial charge in [-0.05, 0) is 11.6 Å². The number of hydrogen-bond donors (Lipinski definition) is 2. The summed E-state index contributed by atoms with van der Waals surface area (Å²) in [5, 5.41) is 11.5. The second-order valence-electron chi connectivity index (χ2n) is 4.02. The van der Waals surface area contributed by atoms with Crippen LogP contribution in [-0.2, 0) is 4.79 Å². The van der Waals surface area contributed by atoms with Gasteiger partial charge in [-0.15, -0.1) is 0 Å². The first-order valence-corrected chi connectivity index (χ1v) is 5.78. The van der Waals surface area contributed by atoms with Crippen molar-refractivity contribution in [2.75, 3.05) is 0 Å². The summed E-state index contributed by atoms with van der Waals surface area (Å²) in [6.45, 7) is 0. The predicted molar refractivity (Wildman–Crippen MR) is 68.5 cm³/mol. The summed E-state index contributed by atoms with van der Waals surface area (Å²) in [5.74, 6) is -2.68. The van der Waals surface area contributed by atoms with E-state index < -0.39 is 23.9 Å². The van der Waals surface area contributed by atoms with Crippen molar-refractivity contribution in [1.29, 1.82) is 0 Å². The van der Waals surface area contributed by atoms with E-state index in [-0.39, 0.29) is 5.56 Å². The van der Waals surface area contributed by atoms with Crippen molar-refractivity contribution in [3.63, 3.8) is 0 Å². The third-order valence-electron chi connectivity index (χ3n) is 2.64. The molecule has 0 saturated heterocycles. The number of pyridine rings is 1. The Balaban J connectivity index is 2.21. The maximum atomic E-state index is 12.9. The van der Waals surface area contributed by atoms with Crippen LogP contribution in [0.3, 0.4) is 0 Å². The fourth-order valence-corrected chi connectivity index (χ4v) is 1.69. The second kappa shape index (κ2) is 5.92. The van der Waals surface area contributed by atoms with Gasteiger partial charge >= 0.3 is 5.97 Å². The molecule has 20 heavy (non-hydrogen) atoms. The normalized spacial score (nSPS) is 11.7. The van der Waals surface area contributed by atoms with Crippen LogP contribution in [0.4, 0.5) is 4.39 Å². The Hall–Kier alpha value is -2.76. The summed E-state index contributed by atoms with van der Waals surface area (Å²) in [6.07, 6.45) is 1.14. The lowest BCUT2D eigenvalue weighted by atomic mass is 10.1. The maximum Gasteiger partial charge on any atom is 0.330 e. The molecule has 1 unspecified atom stereocenters. The van der Waals surface area contributed by atoms with E-state index in [1.165, 1.54) is 6.07 Å². The Morgan fingerprint density at radius 1 is 1.20 bits per heavy atom. The van der Waals surface area contributed by atoms with Crippen LogP contribution in [0.2, 0.25) is 0 Å². The molecule has 102 valence electrons. The first-order chi connectivity index (χ1) is 9.58. The maximum absolute atomic E-state index is 12.9. The Bertz CT molecular complexity index is 631. The number of aromatic nitrogens is 1. The monoisotopic (exact) mass is 274 g/mol. The van der Waals surface area contributed by atoms with Crippen molar-refractivity contribution >= 4 is 11.9 Å². The van der Waals surface area contributed by atoms with Gasteiger partial charge in [0.05, 0.1) is 0 Å². The van der Waals surface area contributed by atoms with Gasteiger partial charge in [-0.3, -0.25) is 4.79 Å². The smallest absolute Gasteiger partial charge is 0.330 e. The molecule has 1 amide bonds. The van der Waals surface area contributed by atoms with Crippen molar-refractivity contribution in [3.8, 4) is 0 Å². The average molecular weight is 274 g/mol. The molecule has 1 aromatic heterocycles. The lowest BCUT2D eigenvalue weighted by molar-refractivity contribution is -0.139. The molecule has 2 aromatic rings. The van der Waals surface area contributed by atoms with E-state index in [0.29, 0.717) is 5.56 Å². The predicted octanol–water partition coefficient (Wildman–Crippen LogP) is 1.78. The molecule has 0 spiro atoms. The zero-order valence-corrected chi connectivity index (χ0v) is 10.3. The first-order valence-electron chi connectivity index (χ1n) is 5.78. The van der Waals surface area contributed by atoms with Gasteiger partial charge in [0, 0.05) is 17.8 Å². The van der Waals surface area contributed by atoms with Gasteiger partial charge < -0.3 is 10.4 Å². The number of carbonyl (C=O) groups excluding carboxylic acids is 1. The molecule has 2 N–H and O–H groups in total. The number of carboxylic acids is 1. The van der Waals surface area contributed by atoms with Gasteiger partial charge in [0.2, 0.25) is 5.95 Å². The van der Waals surface area contributed by atoms with E-state index >= 15 is 0 Å².